The van der Waals surface area contributed by atoms with Crippen LogP contribution in [0, 0.1) is 5.92 Å². The number of rotatable bonds is 1. The molecular weight excluding hydrogens is 210 g/mol. The van der Waals surface area contributed by atoms with E-state index in [0.29, 0.717) is 11.2 Å². The predicted molar refractivity (Wildman–Crippen MR) is 62.2 cm³/mol. The van der Waals surface area contributed by atoms with E-state index in [1.54, 1.807) is 0 Å². The first-order chi connectivity index (χ1) is 7.16. The summed E-state index contributed by atoms with van der Waals surface area (Å²) in [5.74, 6) is 1.77. The third-order valence-electron chi connectivity index (χ3n) is 3.05. The molecule has 1 aliphatic rings. The van der Waals surface area contributed by atoms with Crippen LogP contribution in [0.2, 0.25) is 5.15 Å². The normalized spacial score (nSPS) is 26.7. The average Bonchev–Trinajstić information content (AvgIpc) is 2.17. The van der Waals surface area contributed by atoms with E-state index in [9.17, 15) is 0 Å². The topological polar surface area (TPSA) is 29.0 Å². The van der Waals surface area contributed by atoms with E-state index in [0.717, 1.165) is 18.3 Å². The van der Waals surface area contributed by atoms with Gasteiger partial charge >= 0.3 is 0 Å². The molecule has 3 nitrogen and oxygen atoms in total. The van der Waals surface area contributed by atoms with Crippen molar-refractivity contribution in [3.63, 3.8) is 0 Å². The number of halogens is 1. The minimum Gasteiger partial charge on any atom is -0.354 e. The standard InChI is InChI=1S/C11H16ClN3/c1-8-3-4-15(9(2)5-8)11-6-10(12)13-7-14-11/h6-9H,3-5H2,1-2H3. The van der Waals surface area contributed by atoms with Gasteiger partial charge < -0.3 is 4.90 Å². The Bertz CT molecular complexity index is 342. The zero-order valence-corrected chi connectivity index (χ0v) is 9.91. The maximum Gasteiger partial charge on any atom is 0.134 e. The molecule has 1 aromatic heterocycles. The second kappa shape index (κ2) is 4.35. The molecule has 82 valence electrons. The van der Waals surface area contributed by atoms with Gasteiger partial charge in [0.05, 0.1) is 0 Å². The highest BCUT2D eigenvalue weighted by Crippen LogP contribution is 2.26. The fraction of sp³-hybridized carbons (Fsp3) is 0.636. The van der Waals surface area contributed by atoms with Crippen LogP contribution in [0.25, 0.3) is 0 Å². The minimum absolute atomic E-state index is 0.519. The van der Waals surface area contributed by atoms with Gasteiger partial charge in [-0.3, -0.25) is 0 Å². The van der Waals surface area contributed by atoms with Gasteiger partial charge in [0.2, 0.25) is 0 Å². The van der Waals surface area contributed by atoms with E-state index < -0.39 is 0 Å². The van der Waals surface area contributed by atoms with Gasteiger partial charge in [0, 0.05) is 18.7 Å². The van der Waals surface area contributed by atoms with E-state index in [1.165, 1.54) is 19.2 Å². The van der Waals surface area contributed by atoms with Crippen molar-refractivity contribution in [2.75, 3.05) is 11.4 Å². The molecule has 1 fully saturated rings. The lowest BCUT2D eigenvalue weighted by Gasteiger charge is -2.37. The van der Waals surface area contributed by atoms with Crippen LogP contribution < -0.4 is 4.90 Å². The smallest absolute Gasteiger partial charge is 0.134 e. The Morgan fingerprint density at radius 3 is 2.87 bits per heavy atom. The van der Waals surface area contributed by atoms with Crippen molar-refractivity contribution in [2.24, 2.45) is 5.92 Å². The van der Waals surface area contributed by atoms with Gasteiger partial charge in [0.1, 0.15) is 17.3 Å². The fourth-order valence-electron chi connectivity index (χ4n) is 2.23. The molecule has 0 aliphatic carbocycles. The summed E-state index contributed by atoms with van der Waals surface area (Å²) in [6.07, 6.45) is 3.98. The summed E-state index contributed by atoms with van der Waals surface area (Å²) in [7, 11) is 0. The van der Waals surface area contributed by atoms with Crippen LogP contribution in [0.3, 0.4) is 0 Å². The molecule has 2 atom stereocenters. The Morgan fingerprint density at radius 2 is 2.20 bits per heavy atom. The molecule has 4 heteroatoms. The third kappa shape index (κ3) is 2.40. The van der Waals surface area contributed by atoms with Gasteiger partial charge in [-0.15, -0.1) is 0 Å². The Balaban J connectivity index is 2.17. The Morgan fingerprint density at radius 1 is 1.40 bits per heavy atom. The molecule has 2 heterocycles. The summed E-state index contributed by atoms with van der Waals surface area (Å²) in [5, 5.41) is 0.519. The summed E-state index contributed by atoms with van der Waals surface area (Å²) < 4.78 is 0. The van der Waals surface area contributed by atoms with Crippen molar-refractivity contribution >= 4 is 17.4 Å². The second-order valence-corrected chi connectivity index (χ2v) is 4.76. The molecule has 0 bridgehead atoms. The molecule has 2 rings (SSSR count). The lowest BCUT2D eigenvalue weighted by molar-refractivity contribution is 0.376. The lowest BCUT2D eigenvalue weighted by Crippen LogP contribution is -2.40. The molecule has 0 radical (unpaired) electrons. The third-order valence-corrected chi connectivity index (χ3v) is 3.26. The van der Waals surface area contributed by atoms with Crippen molar-refractivity contribution < 1.29 is 0 Å². The van der Waals surface area contributed by atoms with Crippen molar-refractivity contribution in [1.29, 1.82) is 0 Å². The highest BCUT2D eigenvalue weighted by molar-refractivity contribution is 6.29. The first-order valence-corrected chi connectivity index (χ1v) is 5.79. The highest BCUT2D eigenvalue weighted by Gasteiger charge is 2.23. The summed E-state index contributed by atoms with van der Waals surface area (Å²) in [6, 6.07) is 2.38. The van der Waals surface area contributed by atoms with Crippen LogP contribution >= 0.6 is 11.6 Å². The molecule has 2 unspecified atom stereocenters. The molecule has 1 aromatic rings. The molecule has 1 saturated heterocycles. The number of nitrogens with zero attached hydrogens (tertiary/aromatic N) is 3. The van der Waals surface area contributed by atoms with Gasteiger partial charge in [-0.25, -0.2) is 9.97 Å². The first-order valence-electron chi connectivity index (χ1n) is 5.41. The molecule has 0 N–H and O–H groups in total. The van der Waals surface area contributed by atoms with Crippen LogP contribution in [-0.2, 0) is 0 Å². The Hall–Kier alpha value is -0.830. The van der Waals surface area contributed by atoms with Crippen LogP contribution in [0.1, 0.15) is 26.7 Å². The number of hydrogen-bond acceptors (Lipinski definition) is 3. The summed E-state index contributed by atoms with van der Waals surface area (Å²) in [6.45, 7) is 5.61. The summed E-state index contributed by atoms with van der Waals surface area (Å²) >= 11 is 5.86. The van der Waals surface area contributed by atoms with Crippen molar-refractivity contribution in [2.45, 2.75) is 32.7 Å². The molecule has 0 aromatic carbocycles. The molecule has 15 heavy (non-hydrogen) atoms. The summed E-state index contributed by atoms with van der Waals surface area (Å²) in [4.78, 5) is 10.5. The van der Waals surface area contributed by atoms with E-state index >= 15 is 0 Å². The Labute approximate surface area is 95.5 Å². The molecule has 0 saturated carbocycles. The number of piperidine rings is 1. The molecule has 0 amide bonds. The van der Waals surface area contributed by atoms with Crippen LogP contribution in [0.4, 0.5) is 5.82 Å². The average molecular weight is 226 g/mol. The Kier molecular flexibility index (Phi) is 3.10. The predicted octanol–water partition coefficient (Wildman–Crippen LogP) is 2.75. The zero-order valence-electron chi connectivity index (χ0n) is 9.15. The van der Waals surface area contributed by atoms with Gasteiger partial charge in [-0.2, -0.15) is 0 Å². The SMILES string of the molecule is CC1CCN(c2cc(Cl)ncn2)C(C)C1. The van der Waals surface area contributed by atoms with E-state index in [2.05, 4.69) is 28.7 Å². The van der Waals surface area contributed by atoms with Gasteiger partial charge in [0.25, 0.3) is 0 Å². The van der Waals surface area contributed by atoms with E-state index in [1.807, 2.05) is 6.07 Å². The van der Waals surface area contributed by atoms with Crippen molar-refractivity contribution in [1.82, 2.24) is 9.97 Å². The maximum atomic E-state index is 5.86. The number of aromatic nitrogens is 2. The van der Waals surface area contributed by atoms with Gasteiger partial charge in [-0.1, -0.05) is 18.5 Å². The van der Waals surface area contributed by atoms with Crippen LogP contribution in [0.15, 0.2) is 12.4 Å². The zero-order chi connectivity index (χ0) is 10.8. The molecule has 0 spiro atoms. The van der Waals surface area contributed by atoms with E-state index in [4.69, 9.17) is 11.6 Å². The van der Waals surface area contributed by atoms with Gasteiger partial charge in [-0.05, 0) is 25.7 Å². The van der Waals surface area contributed by atoms with Crippen molar-refractivity contribution in [3.05, 3.63) is 17.5 Å². The first kappa shape index (κ1) is 10.7. The van der Waals surface area contributed by atoms with Crippen molar-refractivity contribution in [3.8, 4) is 0 Å². The quantitative estimate of drug-likeness (QED) is 0.689. The fourth-order valence-corrected chi connectivity index (χ4v) is 2.37. The van der Waals surface area contributed by atoms with E-state index in [-0.39, 0.29) is 0 Å². The second-order valence-electron chi connectivity index (χ2n) is 4.37. The lowest BCUT2D eigenvalue weighted by atomic mass is 9.93. The van der Waals surface area contributed by atoms with Crippen LogP contribution in [-0.4, -0.2) is 22.6 Å². The van der Waals surface area contributed by atoms with Crippen LogP contribution in [0.5, 0.6) is 0 Å². The highest BCUT2D eigenvalue weighted by atomic mass is 35.5. The largest absolute Gasteiger partial charge is 0.354 e. The number of hydrogen-bond donors (Lipinski definition) is 0. The summed E-state index contributed by atoms with van der Waals surface area (Å²) in [5.41, 5.74) is 0. The number of anilines is 1. The minimum atomic E-state index is 0.519. The maximum absolute atomic E-state index is 5.86. The van der Waals surface area contributed by atoms with Gasteiger partial charge in [0.15, 0.2) is 0 Å². The molecular formula is C11H16ClN3. The monoisotopic (exact) mass is 225 g/mol. The molecule has 1 aliphatic heterocycles.